The van der Waals surface area contributed by atoms with Crippen LogP contribution in [0.3, 0.4) is 0 Å². The highest BCUT2D eigenvalue weighted by Crippen LogP contribution is 2.22. The van der Waals surface area contributed by atoms with E-state index in [0.29, 0.717) is 0 Å². The fourth-order valence-corrected chi connectivity index (χ4v) is 2.22. The van der Waals surface area contributed by atoms with E-state index < -0.39 is 0 Å². The molecule has 1 saturated carbocycles. The summed E-state index contributed by atoms with van der Waals surface area (Å²) in [6.07, 6.45) is 5.60. The predicted octanol–water partition coefficient (Wildman–Crippen LogP) is 1.22. The average Bonchev–Trinajstić information content (AvgIpc) is 2.24. The van der Waals surface area contributed by atoms with Gasteiger partial charge in [-0.3, -0.25) is 0 Å². The fraction of sp³-hybridized carbons (Fsp3) is 1.00. The van der Waals surface area contributed by atoms with Gasteiger partial charge in [0.05, 0.1) is 0 Å². The van der Waals surface area contributed by atoms with Crippen LogP contribution in [0.15, 0.2) is 0 Å². The molecule has 2 nitrogen and oxygen atoms in total. The van der Waals surface area contributed by atoms with Crippen LogP contribution in [0.25, 0.3) is 0 Å². The quantitative estimate of drug-likeness (QED) is 0.667. The van der Waals surface area contributed by atoms with Crippen LogP contribution in [0.2, 0.25) is 0 Å². The van der Waals surface area contributed by atoms with Crippen LogP contribution >= 0.6 is 0 Å². The first kappa shape index (κ1) is 8.52. The number of hydrogen-bond donors (Lipinski definition) is 1. The number of likely N-dealkylation sites (N-methyl/N-ethyl adjacent to an activating group) is 1. The van der Waals surface area contributed by atoms with Crippen molar-refractivity contribution >= 4 is 0 Å². The van der Waals surface area contributed by atoms with Crippen LogP contribution in [0.4, 0.5) is 0 Å². The van der Waals surface area contributed by atoms with Crippen molar-refractivity contribution in [3.63, 3.8) is 0 Å². The van der Waals surface area contributed by atoms with E-state index in [0.717, 1.165) is 18.1 Å². The highest BCUT2D eigenvalue weighted by atomic mass is 15.2. The van der Waals surface area contributed by atoms with Gasteiger partial charge in [0.2, 0.25) is 0 Å². The molecule has 0 aromatic heterocycles. The summed E-state index contributed by atoms with van der Waals surface area (Å²) in [5, 5.41) is 3.73. The highest BCUT2D eigenvalue weighted by molar-refractivity contribution is 4.89. The molecule has 12 heavy (non-hydrogen) atoms. The van der Waals surface area contributed by atoms with Gasteiger partial charge in [-0.2, -0.15) is 0 Å². The lowest BCUT2D eigenvalue weighted by Crippen LogP contribution is -2.43. The molecule has 2 atom stereocenters. The summed E-state index contributed by atoms with van der Waals surface area (Å²) in [5.74, 6) is 0. The molecule has 1 heterocycles. The highest BCUT2D eigenvalue weighted by Gasteiger charge is 2.29. The van der Waals surface area contributed by atoms with Crippen molar-refractivity contribution < 1.29 is 0 Å². The third-order valence-corrected chi connectivity index (χ3v) is 3.46. The largest absolute Gasteiger partial charge is 0.310 e. The maximum atomic E-state index is 3.73. The summed E-state index contributed by atoms with van der Waals surface area (Å²) < 4.78 is 0. The molecular weight excluding hydrogens is 148 g/mol. The zero-order valence-corrected chi connectivity index (χ0v) is 8.21. The molecule has 0 amide bonds. The van der Waals surface area contributed by atoms with Gasteiger partial charge in [0.1, 0.15) is 0 Å². The molecule has 1 N–H and O–H groups in total. The van der Waals surface area contributed by atoms with Crippen molar-refractivity contribution in [1.82, 2.24) is 10.2 Å². The maximum Gasteiger partial charge on any atom is 0.0212 e. The van der Waals surface area contributed by atoms with Gasteiger partial charge in [0, 0.05) is 24.7 Å². The summed E-state index contributed by atoms with van der Waals surface area (Å²) in [6.45, 7) is 3.57. The van der Waals surface area contributed by atoms with E-state index in [4.69, 9.17) is 0 Å². The molecule has 2 rings (SSSR count). The summed E-state index contributed by atoms with van der Waals surface area (Å²) >= 11 is 0. The number of nitrogens with one attached hydrogen (secondary N) is 1. The van der Waals surface area contributed by atoms with Gasteiger partial charge in [-0.25, -0.2) is 0 Å². The van der Waals surface area contributed by atoms with E-state index in [1.165, 1.54) is 32.2 Å². The Morgan fingerprint density at radius 2 is 2.00 bits per heavy atom. The average molecular weight is 168 g/mol. The van der Waals surface area contributed by atoms with Crippen LogP contribution in [-0.4, -0.2) is 36.6 Å². The smallest absolute Gasteiger partial charge is 0.0212 e. The molecular formula is C10H20N2. The van der Waals surface area contributed by atoms with Gasteiger partial charge in [0.15, 0.2) is 0 Å². The van der Waals surface area contributed by atoms with E-state index in [2.05, 4.69) is 24.2 Å². The topological polar surface area (TPSA) is 15.3 Å². The monoisotopic (exact) mass is 168 g/mol. The summed E-state index contributed by atoms with van der Waals surface area (Å²) in [7, 11) is 2.23. The molecule has 2 heteroatoms. The molecule has 1 saturated heterocycles. The summed E-state index contributed by atoms with van der Waals surface area (Å²) in [6, 6.07) is 2.41. The van der Waals surface area contributed by atoms with Gasteiger partial charge in [-0.05, 0) is 33.2 Å². The number of nitrogens with zero attached hydrogens (tertiary/aromatic N) is 1. The van der Waals surface area contributed by atoms with Crippen molar-refractivity contribution in [2.24, 2.45) is 0 Å². The predicted molar refractivity (Wildman–Crippen MR) is 51.3 cm³/mol. The lowest BCUT2D eigenvalue weighted by molar-refractivity contribution is 0.294. The van der Waals surface area contributed by atoms with Crippen molar-refractivity contribution in [3.8, 4) is 0 Å². The SMILES string of the molecule is CC1CC(NC2CCC2)CN1C. The van der Waals surface area contributed by atoms with E-state index in [1.54, 1.807) is 0 Å². The summed E-state index contributed by atoms with van der Waals surface area (Å²) in [5.41, 5.74) is 0. The number of hydrogen-bond acceptors (Lipinski definition) is 2. The first-order valence-electron chi connectivity index (χ1n) is 5.22. The Bertz CT molecular complexity index is 144. The summed E-state index contributed by atoms with van der Waals surface area (Å²) in [4.78, 5) is 2.45. The second-order valence-corrected chi connectivity index (χ2v) is 4.52. The van der Waals surface area contributed by atoms with Gasteiger partial charge >= 0.3 is 0 Å². The molecule has 0 bridgehead atoms. The van der Waals surface area contributed by atoms with Crippen LogP contribution in [0, 0.1) is 0 Å². The molecule has 0 aromatic rings. The van der Waals surface area contributed by atoms with Gasteiger partial charge in [0.25, 0.3) is 0 Å². The van der Waals surface area contributed by atoms with Crippen molar-refractivity contribution in [1.29, 1.82) is 0 Å². The Balaban J connectivity index is 1.75. The zero-order chi connectivity index (χ0) is 8.55. The van der Waals surface area contributed by atoms with Crippen molar-refractivity contribution in [2.45, 2.75) is 50.7 Å². The van der Waals surface area contributed by atoms with Crippen LogP contribution in [0.1, 0.15) is 32.6 Å². The second-order valence-electron chi connectivity index (χ2n) is 4.52. The number of likely N-dealkylation sites (tertiary alicyclic amines) is 1. The normalized spacial score (nSPS) is 38.5. The third kappa shape index (κ3) is 1.64. The molecule has 2 unspecified atom stereocenters. The second kappa shape index (κ2) is 3.35. The Morgan fingerprint density at radius 1 is 1.25 bits per heavy atom. The van der Waals surface area contributed by atoms with Crippen molar-refractivity contribution in [3.05, 3.63) is 0 Å². The molecule has 0 spiro atoms. The van der Waals surface area contributed by atoms with Gasteiger partial charge < -0.3 is 10.2 Å². The van der Waals surface area contributed by atoms with E-state index >= 15 is 0 Å². The van der Waals surface area contributed by atoms with Crippen LogP contribution in [-0.2, 0) is 0 Å². The fourth-order valence-electron chi connectivity index (χ4n) is 2.22. The Morgan fingerprint density at radius 3 is 2.42 bits per heavy atom. The third-order valence-electron chi connectivity index (χ3n) is 3.46. The maximum absolute atomic E-state index is 3.73. The van der Waals surface area contributed by atoms with Crippen LogP contribution in [0.5, 0.6) is 0 Å². The standard InChI is InChI=1S/C10H20N2/c1-8-6-10(7-12(8)2)11-9-4-3-5-9/h8-11H,3-7H2,1-2H3. The molecule has 2 aliphatic rings. The first-order valence-corrected chi connectivity index (χ1v) is 5.22. The molecule has 70 valence electrons. The minimum Gasteiger partial charge on any atom is -0.310 e. The van der Waals surface area contributed by atoms with E-state index in [1.807, 2.05) is 0 Å². The van der Waals surface area contributed by atoms with Crippen LogP contribution < -0.4 is 5.32 Å². The minimum atomic E-state index is 0.773. The zero-order valence-electron chi connectivity index (χ0n) is 8.21. The van der Waals surface area contributed by atoms with Gasteiger partial charge in [-0.1, -0.05) is 6.42 Å². The number of rotatable bonds is 2. The molecule has 0 radical (unpaired) electrons. The Hall–Kier alpha value is -0.0800. The molecule has 0 aromatic carbocycles. The molecule has 1 aliphatic heterocycles. The Kier molecular flexibility index (Phi) is 2.37. The first-order chi connectivity index (χ1) is 5.75. The van der Waals surface area contributed by atoms with E-state index in [9.17, 15) is 0 Å². The van der Waals surface area contributed by atoms with Gasteiger partial charge in [-0.15, -0.1) is 0 Å². The lowest BCUT2D eigenvalue weighted by Gasteiger charge is -2.29. The molecule has 2 fully saturated rings. The minimum absolute atomic E-state index is 0.773. The Labute approximate surface area is 75.3 Å². The lowest BCUT2D eigenvalue weighted by atomic mass is 9.92. The molecule has 1 aliphatic carbocycles. The van der Waals surface area contributed by atoms with Crippen molar-refractivity contribution in [2.75, 3.05) is 13.6 Å². The van der Waals surface area contributed by atoms with E-state index in [-0.39, 0.29) is 0 Å².